The van der Waals surface area contributed by atoms with E-state index < -0.39 is 22.0 Å². The maximum Gasteiger partial charge on any atom is 0.163 e. The Morgan fingerprint density at radius 2 is 2.11 bits per heavy atom. The second kappa shape index (κ2) is 5.11. The summed E-state index contributed by atoms with van der Waals surface area (Å²) in [6.45, 7) is 1.36. The van der Waals surface area contributed by atoms with Crippen molar-refractivity contribution in [2.45, 2.75) is 19.1 Å². The number of sulfone groups is 1. The van der Waals surface area contributed by atoms with E-state index in [1.807, 2.05) is 0 Å². The van der Waals surface area contributed by atoms with Crippen LogP contribution in [0.1, 0.15) is 17.3 Å². The van der Waals surface area contributed by atoms with Crippen LogP contribution in [-0.2, 0) is 9.84 Å². The molecule has 0 spiro atoms. The minimum Gasteiger partial charge on any atom is -0.486 e. The number of ketones is 1. The van der Waals surface area contributed by atoms with Crippen molar-refractivity contribution in [3.05, 3.63) is 28.8 Å². The molecule has 7 heteroatoms. The number of aliphatic hydroxyl groups excluding tert-OH is 1. The second-order valence-corrected chi connectivity index (χ2v) is 7.09. The Labute approximate surface area is 116 Å². The fraction of sp³-hybridized carbons (Fsp3) is 0.417. The summed E-state index contributed by atoms with van der Waals surface area (Å²) in [5.41, 5.74) is 0.268. The summed E-state index contributed by atoms with van der Waals surface area (Å²) in [5, 5.41) is 10.0. The van der Waals surface area contributed by atoms with Crippen molar-refractivity contribution < 1.29 is 23.1 Å². The van der Waals surface area contributed by atoms with Crippen LogP contribution in [0.15, 0.2) is 18.2 Å². The topological polar surface area (TPSA) is 80.7 Å². The largest absolute Gasteiger partial charge is 0.486 e. The number of hydrogen-bond donors (Lipinski definition) is 1. The number of halogens is 1. The van der Waals surface area contributed by atoms with Crippen LogP contribution in [0.5, 0.6) is 5.75 Å². The zero-order valence-corrected chi connectivity index (χ0v) is 11.7. The quantitative estimate of drug-likeness (QED) is 0.845. The van der Waals surface area contributed by atoms with Crippen molar-refractivity contribution in [2.75, 3.05) is 11.5 Å². The van der Waals surface area contributed by atoms with Gasteiger partial charge in [-0.05, 0) is 25.1 Å². The number of carbonyl (C=O) groups is 1. The van der Waals surface area contributed by atoms with E-state index in [1.54, 1.807) is 6.07 Å². The first-order valence-corrected chi connectivity index (χ1v) is 7.84. The van der Waals surface area contributed by atoms with E-state index in [0.29, 0.717) is 5.02 Å². The molecular weight excluding hydrogens is 292 g/mol. The van der Waals surface area contributed by atoms with Gasteiger partial charge in [0.15, 0.2) is 15.6 Å². The number of aliphatic hydroxyl groups is 1. The monoisotopic (exact) mass is 304 g/mol. The van der Waals surface area contributed by atoms with Crippen molar-refractivity contribution in [1.29, 1.82) is 0 Å². The predicted octanol–water partition coefficient (Wildman–Crippen LogP) is 1.08. The molecule has 1 aliphatic rings. The van der Waals surface area contributed by atoms with Gasteiger partial charge < -0.3 is 9.84 Å². The average Bonchev–Trinajstić information content (AvgIpc) is 2.54. The first kappa shape index (κ1) is 14.3. The first-order chi connectivity index (χ1) is 8.78. The molecule has 104 valence electrons. The zero-order valence-electron chi connectivity index (χ0n) is 10.2. The van der Waals surface area contributed by atoms with Crippen molar-refractivity contribution in [2.24, 2.45) is 0 Å². The van der Waals surface area contributed by atoms with Crippen LogP contribution in [0.3, 0.4) is 0 Å². The first-order valence-electron chi connectivity index (χ1n) is 5.64. The summed E-state index contributed by atoms with van der Waals surface area (Å²) in [4.78, 5) is 11.5. The van der Waals surface area contributed by atoms with E-state index in [0.717, 1.165) is 0 Å². The smallest absolute Gasteiger partial charge is 0.163 e. The SMILES string of the molecule is CC(=O)c1cc(Cl)ccc1OC1CS(=O)(=O)CC1O. The minimum absolute atomic E-state index is 0.234. The lowest BCUT2D eigenvalue weighted by Gasteiger charge is -2.17. The molecule has 1 heterocycles. The van der Waals surface area contributed by atoms with E-state index in [-0.39, 0.29) is 28.6 Å². The van der Waals surface area contributed by atoms with Crippen LogP contribution in [0.25, 0.3) is 0 Å². The minimum atomic E-state index is -3.29. The summed E-state index contributed by atoms with van der Waals surface area (Å²) in [7, 11) is -3.29. The predicted molar refractivity (Wildman–Crippen MR) is 70.5 cm³/mol. The Kier molecular flexibility index (Phi) is 3.85. The highest BCUT2D eigenvalue weighted by Crippen LogP contribution is 2.27. The van der Waals surface area contributed by atoms with Gasteiger partial charge in [-0.3, -0.25) is 4.79 Å². The van der Waals surface area contributed by atoms with E-state index in [9.17, 15) is 18.3 Å². The van der Waals surface area contributed by atoms with Crippen LogP contribution in [0.4, 0.5) is 0 Å². The van der Waals surface area contributed by atoms with Crippen LogP contribution < -0.4 is 4.74 Å². The second-order valence-electron chi connectivity index (χ2n) is 4.50. The van der Waals surface area contributed by atoms with Gasteiger partial charge in [-0.25, -0.2) is 8.42 Å². The Morgan fingerprint density at radius 3 is 2.63 bits per heavy atom. The molecule has 1 fully saturated rings. The summed E-state index contributed by atoms with van der Waals surface area (Å²) in [6.07, 6.45) is -1.94. The van der Waals surface area contributed by atoms with E-state index >= 15 is 0 Å². The molecule has 0 saturated carbocycles. The average molecular weight is 305 g/mol. The molecule has 19 heavy (non-hydrogen) atoms. The van der Waals surface area contributed by atoms with Crippen molar-refractivity contribution in [3.8, 4) is 5.75 Å². The molecule has 0 radical (unpaired) electrons. The van der Waals surface area contributed by atoms with Crippen LogP contribution in [0.2, 0.25) is 5.02 Å². The van der Waals surface area contributed by atoms with Gasteiger partial charge in [-0.15, -0.1) is 0 Å². The van der Waals surface area contributed by atoms with Crippen molar-refractivity contribution >= 4 is 27.2 Å². The molecule has 0 aromatic heterocycles. The maximum atomic E-state index is 11.5. The molecule has 2 unspecified atom stereocenters. The lowest BCUT2D eigenvalue weighted by Crippen LogP contribution is -2.30. The molecule has 1 aromatic rings. The molecule has 1 saturated heterocycles. The van der Waals surface area contributed by atoms with Gasteiger partial charge in [0.05, 0.1) is 17.1 Å². The number of benzene rings is 1. The van der Waals surface area contributed by atoms with Gasteiger partial charge in [-0.2, -0.15) is 0 Å². The van der Waals surface area contributed by atoms with Gasteiger partial charge in [0, 0.05) is 5.02 Å². The third-order valence-corrected chi connectivity index (χ3v) is 4.79. The summed E-state index contributed by atoms with van der Waals surface area (Å²) >= 11 is 5.80. The maximum absolute atomic E-state index is 11.5. The van der Waals surface area contributed by atoms with Crippen LogP contribution >= 0.6 is 11.6 Å². The molecule has 1 N–H and O–H groups in total. The Balaban J connectivity index is 2.27. The van der Waals surface area contributed by atoms with Crippen molar-refractivity contribution in [1.82, 2.24) is 0 Å². The van der Waals surface area contributed by atoms with E-state index in [4.69, 9.17) is 16.3 Å². The number of rotatable bonds is 3. The van der Waals surface area contributed by atoms with Gasteiger partial charge >= 0.3 is 0 Å². The number of ether oxygens (including phenoxy) is 1. The molecule has 5 nitrogen and oxygen atoms in total. The normalized spacial score (nSPS) is 25.2. The summed E-state index contributed by atoms with van der Waals surface area (Å²) in [5.74, 6) is -0.583. The molecule has 0 aliphatic carbocycles. The molecule has 1 aromatic carbocycles. The number of hydrogen-bond acceptors (Lipinski definition) is 5. The highest BCUT2D eigenvalue weighted by atomic mass is 35.5. The fourth-order valence-electron chi connectivity index (χ4n) is 1.95. The van der Waals surface area contributed by atoms with Crippen molar-refractivity contribution in [3.63, 3.8) is 0 Å². The molecule has 0 amide bonds. The Morgan fingerprint density at radius 1 is 1.42 bits per heavy atom. The number of carbonyl (C=O) groups excluding carboxylic acids is 1. The third kappa shape index (κ3) is 3.26. The highest BCUT2D eigenvalue weighted by molar-refractivity contribution is 7.91. The molecular formula is C12H13ClO5S. The lowest BCUT2D eigenvalue weighted by atomic mass is 10.1. The highest BCUT2D eigenvalue weighted by Gasteiger charge is 2.38. The summed E-state index contributed by atoms with van der Waals surface area (Å²) < 4.78 is 28.2. The molecule has 2 rings (SSSR count). The standard InChI is InChI=1S/C12H13ClO5S/c1-7(14)9-4-8(13)2-3-11(9)18-12-6-19(16,17)5-10(12)15/h2-4,10,12,15H,5-6H2,1H3. The molecule has 2 atom stereocenters. The molecule has 0 bridgehead atoms. The molecule has 1 aliphatic heterocycles. The van der Waals surface area contributed by atoms with Gasteiger partial charge in [0.1, 0.15) is 18.0 Å². The van der Waals surface area contributed by atoms with Gasteiger partial charge in [-0.1, -0.05) is 11.6 Å². The van der Waals surface area contributed by atoms with E-state index in [2.05, 4.69) is 0 Å². The Bertz CT molecular complexity index is 611. The fourth-order valence-corrected chi connectivity index (χ4v) is 3.79. The van der Waals surface area contributed by atoms with Crippen LogP contribution in [0, 0.1) is 0 Å². The summed E-state index contributed by atoms with van der Waals surface area (Å²) in [6, 6.07) is 4.49. The van der Waals surface area contributed by atoms with Gasteiger partial charge in [0.2, 0.25) is 0 Å². The third-order valence-electron chi connectivity index (χ3n) is 2.87. The Hall–Kier alpha value is -1.11. The van der Waals surface area contributed by atoms with Crippen LogP contribution in [-0.4, -0.2) is 43.0 Å². The zero-order chi connectivity index (χ0) is 14.2. The lowest BCUT2D eigenvalue weighted by molar-refractivity contribution is 0.0723. The van der Waals surface area contributed by atoms with Gasteiger partial charge in [0.25, 0.3) is 0 Å². The number of Topliss-reactive ketones (excluding diaryl/α,β-unsaturated/α-hetero) is 1. The van der Waals surface area contributed by atoms with E-state index in [1.165, 1.54) is 19.1 Å².